The van der Waals surface area contributed by atoms with Crippen LogP contribution in [-0.4, -0.2) is 23.9 Å². The van der Waals surface area contributed by atoms with Gasteiger partial charge >= 0.3 is 12.4 Å². The first-order chi connectivity index (χ1) is 15.0. The Balaban J connectivity index is 1.90. The Morgan fingerprint density at radius 2 is 1.38 bits per heavy atom. The number of aliphatic hydroxyl groups excluding tert-OH is 1. The number of hydrogen-bond donors (Lipinski definition) is 1. The highest BCUT2D eigenvalue weighted by atomic mass is 19.4. The van der Waals surface area contributed by atoms with E-state index in [-0.39, 0.29) is 17.2 Å². The van der Waals surface area contributed by atoms with Crippen molar-refractivity contribution in [1.82, 2.24) is 0 Å². The lowest BCUT2D eigenvalue weighted by molar-refractivity contribution is -0.202. The van der Waals surface area contributed by atoms with Crippen molar-refractivity contribution in [3.8, 4) is 17.2 Å². The predicted octanol–water partition coefficient (Wildman–Crippen LogP) is 6.22. The molecule has 0 amide bonds. The number of benzene rings is 3. The minimum Gasteiger partial charge on any atom is -0.457 e. The number of alkyl halides is 6. The van der Waals surface area contributed by atoms with Gasteiger partial charge in [-0.2, -0.15) is 26.3 Å². The summed E-state index contributed by atoms with van der Waals surface area (Å²) in [6.45, 7) is -1.09. The van der Waals surface area contributed by atoms with Gasteiger partial charge in [0, 0.05) is 6.07 Å². The lowest BCUT2D eigenvalue weighted by Gasteiger charge is -2.28. The van der Waals surface area contributed by atoms with Gasteiger partial charge in [0.25, 0.3) is 0 Å². The summed E-state index contributed by atoms with van der Waals surface area (Å²) in [6, 6.07) is 17.9. The smallest absolute Gasteiger partial charge is 0.416 e. The summed E-state index contributed by atoms with van der Waals surface area (Å²) in [7, 11) is 0. The molecule has 0 spiro atoms. The first-order valence-electron chi connectivity index (χ1n) is 9.23. The van der Waals surface area contributed by atoms with Crippen molar-refractivity contribution in [3.05, 3.63) is 84.4 Å². The molecule has 3 aromatic rings. The molecule has 0 saturated carbocycles. The topological polar surface area (TPSA) is 41.9 Å². The maximum Gasteiger partial charge on any atom is 0.416 e. The molecular weight excluding hydrogens is 440 g/mol. The van der Waals surface area contributed by atoms with Crippen molar-refractivity contribution >= 4 is 5.69 Å². The maximum absolute atomic E-state index is 13.0. The molecule has 0 radical (unpaired) electrons. The fourth-order valence-corrected chi connectivity index (χ4v) is 2.64. The highest BCUT2D eigenvalue weighted by molar-refractivity contribution is 5.51. The Hall–Kier alpha value is -3.40. The number of rotatable bonds is 7. The zero-order valence-electron chi connectivity index (χ0n) is 16.3. The van der Waals surface area contributed by atoms with Gasteiger partial charge in [-0.15, -0.1) is 0 Å². The number of para-hydroxylation sites is 1. The third-order valence-corrected chi connectivity index (χ3v) is 4.18. The molecule has 1 N–H and O–H groups in total. The molecule has 3 aromatic carbocycles. The number of anilines is 1. The van der Waals surface area contributed by atoms with Crippen molar-refractivity contribution in [2.45, 2.75) is 18.5 Å². The summed E-state index contributed by atoms with van der Waals surface area (Å²) in [5, 5.41) is 10.2. The monoisotopic (exact) mass is 457 g/mol. The number of nitrogens with zero attached hydrogens (tertiary/aromatic N) is 1. The van der Waals surface area contributed by atoms with Gasteiger partial charge in [0.15, 0.2) is 11.9 Å². The average molecular weight is 457 g/mol. The standard InChI is InChI=1S/C22H17F6NO3/c23-21(24,25)15-6-4-11-19(12-15)32-29(14-20(30)22(26,27)28)16-7-5-10-18(13-16)31-17-8-2-1-3-9-17/h1-13,20,30H,14H2. The quantitative estimate of drug-likeness (QED) is 0.338. The van der Waals surface area contributed by atoms with Gasteiger partial charge in [-0.05, 0) is 42.5 Å². The number of hydrogen-bond acceptors (Lipinski definition) is 4. The molecule has 1 unspecified atom stereocenters. The molecule has 0 aliphatic carbocycles. The highest BCUT2D eigenvalue weighted by Gasteiger charge is 2.40. The Morgan fingerprint density at radius 3 is 2.03 bits per heavy atom. The minimum absolute atomic E-state index is 0.0270. The molecule has 1 atom stereocenters. The predicted molar refractivity (Wildman–Crippen MR) is 104 cm³/mol. The number of halogens is 6. The number of ether oxygens (including phenoxy) is 1. The molecule has 0 bridgehead atoms. The van der Waals surface area contributed by atoms with Crippen LogP contribution in [0.15, 0.2) is 78.9 Å². The van der Waals surface area contributed by atoms with Gasteiger partial charge in [-0.1, -0.05) is 30.3 Å². The lowest BCUT2D eigenvalue weighted by Crippen LogP contribution is -2.42. The Labute approximate surface area is 179 Å². The van der Waals surface area contributed by atoms with Crippen molar-refractivity contribution in [2.75, 3.05) is 11.6 Å². The number of hydroxylamine groups is 1. The van der Waals surface area contributed by atoms with Gasteiger partial charge in [0.1, 0.15) is 11.5 Å². The van der Waals surface area contributed by atoms with Crippen LogP contribution in [0.4, 0.5) is 32.0 Å². The Bertz CT molecular complexity index is 1020. The summed E-state index contributed by atoms with van der Waals surface area (Å²) >= 11 is 0. The van der Waals surface area contributed by atoms with Gasteiger partial charge < -0.3 is 14.7 Å². The van der Waals surface area contributed by atoms with E-state index in [4.69, 9.17) is 9.57 Å². The molecule has 0 saturated heterocycles. The van der Waals surface area contributed by atoms with E-state index in [1.54, 1.807) is 36.4 Å². The third-order valence-electron chi connectivity index (χ3n) is 4.18. The molecule has 4 nitrogen and oxygen atoms in total. The second kappa shape index (κ2) is 9.39. The fraction of sp³-hybridized carbons (Fsp3) is 0.182. The minimum atomic E-state index is -4.96. The van der Waals surface area contributed by atoms with E-state index in [0.717, 1.165) is 18.2 Å². The fourth-order valence-electron chi connectivity index (χ4n) is 2.64. The summed E-state index contributed by atoms with van der Waals surface area (Å²) in [4.78, 5) is 5.33. The van der Waals surface area contributed by atoms with Crippen LogP contribution >= 0.6 is 0 Å². The molecule has 0 aliphatic rings. The molecule has 0 aromatic heterocycles. The summed E-state index contributed by atoms with van der Waals surface area (Å²) in [5.74, 6) is 0.349. The second-order valence-corrected chi connectivity index (χ2v) is 6.65. The zero-order chi connectivity index (χ0) is 23.4. The molecule has 32 heavy (non-hydrogen) atoms. The molecule has 0 heterocycles. The molecule has 10 heteroatoms. The van der Waals surface area contributed by atoms with Crippen LogP contribution in [0.5, 0.6) is 17.2 Å². The molecule has 0 fully saturated rings. The molecule has 3 rings (SSSR count). The van der Waals surface area contributed by atoms with E-state index < -0.39 is 30.6 Å². The Kier molecular flexibility index (Phi) is 6.83. The first kappa shape index (κ1) is 23.3. The molecule has 170 valence electrons. The first-order valence-corrected chi connectivity index (χ1v) is 9.23. The van der Waals surface area contributed by atoms with Crippen LogP contribution in [0.2, 0.25) is 0 Å². The highest BCUT2D eigenvalue weighted by Crippen LogP contribution is 2.33. The lowest BCUT2D eigenvalue weighted by atomic mass is 10.2. The van der Waals surface area contributed by atoms with E-state index in [1.807, 2.05) is 0 Å². The van der Waals surface area contributed by atoms with Crippen LogP contribution in [-0.2, 0) is 6.18 Å². The van der Waals surface area contributed by atoms with Gasteiger partial charge in [0.2, 0.25) is 0 Å². The maximum atomic E-state index is 13.0. The van der Waals surface area contributed by atoms with Crippen molar-refractivity contribution in [2.24, 2.45) is 0 Å². The average Bonchev–Trinajstić information content (AvgIpc) is 2.73. The largest absolute Gasteiger partial charge is 0.457 e. The van der Waals surface area contributed by atoms with E-state index in [0.29, 0.717) is 16.9 Å². The van der Waals surface area contributed by atoms with Gasteiger partial charge in [-0.3, -0.25) is 0 Å². The normalized spacial score (nSPS) is 12.8. The summed E-state index contributed by atoms with van der Waals surface area (Å²) in [6.07, 6.45) is -12.4. The van der Waals surface area contributed by atoms with Crippen LogP contribution in [0, 0.1) is 0 Å². The number of aliphatic hydroxyl groups is 1. The third kappa shape index (κ3) is 6.30. The summed E-state index contributed by atoms with van der Waals surface area (Å²) in [5.41, 5.74) is -1.01. The molecule has 0 aliphatic heterocycles. The summed E-state index contributed by atoms with van der Waals surface area (Å²) < 4.78 is 83.4. The Morgan fingerprint density at radius 1 is 0.750 bits per heavy atom. The van der Waals surface area contributed by atoms with Crippen molar-refractivity contribution in [1.29, 1.82) is 0 Å². The van der Waals surface area contributed by atoms with E-state index in [2.05, 4.69) is 0 Å². The second-order valence-electron chi connectivity index (χ2n) is 6.65. The van der Waals surface area contributed by atoms with Crippen LogP contribution < -0.4 is 14.6 Å². The van der Waals surface area contributed by atoms with E-state index >= 15 is 0 Å². The SMILES string of the molecule is OC(CN(Oc1cccc(C(F)(F)F)c1)c1cccc(Oc2ccccc2)c1)C(F)(F)F. The van der Waals surface area contributed by atoms with Gasteiger partial charge in [0.05, 0.1) is 17.8 Å². The van der Waals surface area contributed by atoms with E-state index in [1.165, 1.54) is 18.2 Å². The van der Waals surface area contributed by atoms with Crippen LogP contribution in [0.3, 0.4) is 0 Å². The van der Waals surface area contributed by atoms with Crippen molar-refractivity contribution in [3.63, 3.8) is 0 Å². The van der Waals surface area contributed by atoms with Crippen molar-refractivity contribution < 1.29 is 41.0 Å². The van der Waals surface area contributed by atoms with E-state index in [9.17, 15) is 31.4 Å². The van der Waals surface area contributed by atoms with Gasteiger partial charge in [-0.25, -0.2) is 5.06 Å². The van der Waals surface area contributed by atoms with Crippen LogP contribution in [0.25, 0.3) is 0 Å². The molecular formula is C22H17F6NO3. The van der Waals surface area contributed by atoms with Crippen LogP contribution in [0.1, 0.15) is 5.56 Å². The zero-order valence-corrected chi connectivity index (χ0v) is 16.3.